The monoisotopic (exact) mass is 370 g/mol. The highest BCUT2D eigenvalue weighted by atomic mass is 32.1. The molecule has 0 aliphatic heterocycles. The average molecular weight is 370 g/mol. The number of nitrogens with one attached hydrogen (secondary N) is 1. The van der Waals surface area contributed by atoms with Gasteiger partial charge in [0.25, 0.3) is 5.91 Å². The molecule has 0 radical (unpaired) electrons. The molecule has 5 rings (SSSR count). The number of amides is 1. The number of nitrogens with zero attached hydrogens (tertiary/aromatic N) is 3. The zero-order valence-corrected chi connectivity index (χ0v) is 15.0. The maximum absolute atomic E-state index is 12.8. The number of hydrogen-bond acceptors (Lipinski definition) is 4. The van der Waals surface area contributed by atoms with Crippen molar-refractivity contribution in [1.29, 1.82) is 0 Å². The third kappa shape index (κ3) is 2.86. The van der Waals surface area contributed by atoms with Crippen molar-refractivity contribution in [3.63, 3.8) is 0 Å². The largest absolute Gasteiger partial charge is 0.320 e. The Morgan fingerprint density at radius 3 is 2.74 bits per heavy atom. The molecule has 0 atom stereocenters. The first-order valence-electron chi connectivity index (χ1n) is 8.47. The Hall–Kier alpha value is -3.51. The second-order valence-electron chi connectivity index (χ2n) is 6.11. The van der Waals surface area contributed by atoms with Crippen LogP contribution in [0.4, 0.5) is 5.69 Å². The van der Waals surface area contributed by atoms with E-state index < -0.39 is 0 Å². The smallest absolute Gasteiger partial charge is 0.274 e. The number of para-hydroxylation sites is 2. The predicted molar refractivity (Wildman–Crippen MR) is 108 cm³/mol. The fraction of sp³-hybridized carbons (Fsp3) is 0. The molecule has 0 saturated carbocycles. The molecule has 1 N–H and O–H groups in total. The lowest BCUT2D eigenvalue weighted by molar-refractivity contribution is 0.102. The standard InChI is InChI=1S/C21H14N4OS/c26-20(18-10-9-14-5-1-3-7-16(14)22-18)23-17-8-4-2-6-15(17)19-13-25-11-12-27-21(25)24-19/h1-13H,(H,23,26). The molecule has 2 aromatic carbocycles. The summed E-state index contributed by atoms with van der Waals surface area (Å²) in [7, 11) is 0. The van der Waals surface area contributed by atoms with Crippen LogP contribution in [-0.4, -0.2) is 20.3 Å². The quantitative estimate of drug-likeness (QED) is 0.493. The molecule has 5 aromatic rings. The highest BCUT2D eigenvalue weighted by molar-refractivity contribution is 7.15. The summed E-state index contributed by atoms with van der Waals surface area (Å²) < 4.78 is 1.98. The average Bonchev–Trinajstić information content (AvgIpc) is 3.30. The van der Waals surface area contributed by atoms with Crippen LogP contribution in [0.3, 0.4) is 0 Å². The summed E-state index contributed by atoms with van der Waals surface area (Å²) in [5.74, 6) is -0.241. The van der Waals surface area contributed by atoms with E-state index in [9.17, 15) is 4.79 Å². The Balaban J connectivity index is 1.49. The van der Waals surface area contributed by atoms with E-state index in [0.717, 1.165) is 27.1 Å². The van der Waals surface area contributed by atoms with Crippen molar-refractivity contribution in [2.45, 2.75) is 0 Å². The lowest BCUT2D eigenvalue weighted by atomic mass is 10.1. The predicted octanol–water partition coefficient (Wildman–Crippen LogP) is 4.86. The number of thiazole rings is 1. The Morgan fingerprint density at radius 1 is 0.963 bits per heavy atom. The highest BCUT2D eigenvalue weighted by Crippen LogP contribution is 2.28. The van der Waals surface area contributed by atoms with Crippen molar-refractivity contribution < 1.29 is 4.79 Å². The summed E-state index contributed by atoms with van der Waals surface area (Å²) in [4.78, 5) is 22.8. The number of rotatable bonds is 3. The number of carbonyl (C=O) groups is 1. The Morgan fingerprint density at radius 2 is 1.81 bits per heavy atom. The van der Waals surface area contributed by atoms with E-state index in [0.29, 0.717) is 11.4 Å². The van der Waals surface area contributed by atoms with Gasteiger partial charge in [-0.15, -0.1) is 11.3 Å². The molecule has 0 unspecified atom stereocenters. The van der Waals surface area contributed by atoms with Crippen LogP contribution in [0.1, 0.15) is 10.5 Å². The second kappa shape index (κ2) is 6.34. The summed E-state index contributed by atoms with van der Waals surface area (Å²) in [6.07, 6.45) is 3.93. The van der Waals surface area contributed by atoms with Gasteiger partial charge in [0.15, 0.2) is 4.96 Å². The molecule has 6 heteroatoms. The molecule has 130 valence electrons. The van der Waals surface area contributed by atoms with Crippen LogP contribution in [0.2, 0.25) is 0 Å². The van der Waals surface area contributed by atoms with Crippen LogP contribution < -0.4 is 5.32 Å². The van der Waals surface area contributed by atoms with E-state index in [1.54, 1.807) is 17.4 Å². The van der Waals surface area contributed by atoms with Crippen molar-refractivity contribution in [2.75, 3.05) is 5.32 Å². The van der Waals surface area contributed by atoms with Gasteiger partial charge in [-0.2, -0.15) is 0 Å². The Kier molecular flexibility index (Phi) is 3.69. The van der Waals surface area contributed by atoms with Gasteiger partial charge in [0, 0.05) is 28.7 Å². The van der Waals surface area contributed by atoms with Gasteiger partial charge in [-0.05, 0) is 18.2 Å². The van der Waals surface area contributed by atoms with Crippen LogP contribution >= 0.6 is 11.3 Å². The number of aromatic nitrogens is 3. The minimum atomic E-state index is -0.241. The van der Waals surface area contributed by atoms with Crippen molar-refractivity contribution in [2.24, 2.45) is 0 Å². The molecule has 5 nitrogen and oxygen atoms in total. The van der Waals surface area contributed by atoms with Gasteiger partial charge in [-0.3, -0.25) is 9.20 Å². The van der Waals surface area contributed by atoms with Crippen LogP contribution in [-0.2, 0) is 0 Å². The summed E-state index contributed by atoms with van der Waals surface area (Å²) in [6, 6.07) is 19.1. The Labute approximate surface area is 159 Å². The number of benzene rings is 2. The molecule has 0 spiro atoms. The SMILES string of the molecule is O=C(Nc1ccccc1-c1cn2ccsc2n1)c1ccc2ccccc2n1. The molecule has 3 heterocycles. The van der Waals surface area contributed by atoms with Gasteiger partial charge in [0.05, 0.1) is 16.9 Å². The van der Waals surface area contributed by atoms with Gasteiger partial charge in [-0.1, -0.05) is 42.5 Å². The normalized spacial score (nSPS) is 11.1. The topological polar surface area (TPSA) is 59.3 Å². The number of carbonyl (C=O) groups excluding carboxylic acids is 1. The van der Waals surface area contributed by atoms with Crippen LogP contribution in [0, 0.1) is 0 Å². The molecule has 27 heavy (non-hydrogen) atoms. The molecule has 0 aliphatic rings. The first-order chi connectivity index (χ1) is 13.3. The van der Waals surface area contributed by atoms with Gasteiger partial charge in [-0.25, -0.2) is 9.97 Å². The fourth-order valence-corrected chi connectivity index (χ4v) is 3.75. The molecule has 0 saturated heterocycles. The zero-order valence-electron chi connectivity index (χ0n) is 14.2. The van der Waals surface area contributed by atoms with Crippen molar-refractivity contribution >= 4 is 38.8 Å². The minimum absolute atomic E-state index is 0.241. The Bertz CT molecular complexity index is 1260. The van der Waals surface area contributed by atoms with Crippen LogP contribution in [0.25, 0.3) is 27.1 Å². The summed E-state index contributed by atoms with van der Waals surface area (Å²) >= 11 is 1.58. The zero-order chi connectivity index (χ0) is 18.2. The van der Waals surface area contributed by atoms with Gasteiger partial charge in [0.2, 0.25) is 0 Å². The fourth-order valence-electron chi connectivity index (χ4n) is 3.05. The molecule has 3 aromatic heterocycles. The number of fused-ring (bicyclic) bond motifs is 2. The summed E-state index contributed by atoms with van der Waals surface area (Å²) in [5.41, 5.74) is 3.59. The molecule has 1 amide bonds. The molecule has 0 aliphatic carbocycles. The van der Waals surface area contributed by atoms with Gasteiger partial charge < -0.3 is 5.32 Å². The van der Waals surface area contributed by atoms with Crippen LogP contribution in [0.15, 0.2) is 78.4 Å². The maximum Gasteiger partial charge on any atom is 0.274 e. The molecule has 0 bridgehead atoms. The molecular weight excluding hydrogens is 356 g/mol. The van der Waals surface area contributed by atoms with E-state index in [1.807, 2.05) is 76.8 Å². The van der Waals surface area contributed by atoms with Crippen molar-refractivity contribution in [1.82, 2.24) is 14.4 Å². The molecular formula is C21H14N4OS. The lowest BCUT2D eigenvalue weighted by Crippen LogP contribution is -2.14. The van der Waals surface area contributed by atoms with E-state index in [4.69, 9.17) is 0 Å². The number of imidazole rings is 1. The minimum Gasteiger partial charge on any atom is -0.320 e. The first kappa shape index (κ1) is 15.7. The number of hydrogen-bond donors (Lipinski definition) is 1. The molecule has 0 fully saturated rings. The van der Waals surface area contributed by atoms with E-state index >= 15 is 0 Å². The van der Waals surface area contributed by atoms with Crippen molar-refractivity contribution in [3.8, 4) is 11.3 Å². The summed E-state index contributed by atoms with van der Waals surface area (Å²) in [6.45, 7) is 0. The third-order valence-corrected chi connectivity index (χ3v) is 5.15. The summed E-state index contributed by atoms with van der Waals surface area (Å²) in [5, 5.41) is 5.98. The maximum atomic E-state index is 12.8. The third-order valence-electron chi connectivity index (χ3n) is 4.38. The lowest BCUT2D eigenvalue weighted by Gasteiger charge is -2.09. The van der Waals surface area contributed by atoms with Gasteiger partial charge in [0.1, 0.15) is 5.69 Å². The highest BCUT2D eigenvalue weighted by Gasteiger charge is 2.14. The van der Waals surface area contributed by atoms with Crippen LogP contribution in [0.5, 0.6) is 0 Å². The first-order valence-corrected chi connectivity index (χ1v) is 9.35. The van der Waals surface area contributed by atoms with E-state index in [1.165, 1.54) is 0 Å². The van der Waals surface area contributed by atoms with Crippen molar-refractivity contribution in [3.05, 3.63) is 84.1 Å². The van der Waals surface area contributed by atoms with Gasteiger partial charge >= 0.3 is 0 Å². The number of anilines is 1. The van der Waals surface area contributed by atoms with E-state index in [-0.39, 0.29) is 5.91 Å². The second-order valence-corrected chi connectivity index (χ2v) is 6.98. The number of pyridine rings is 1. The van der Waals surface area contributed by atoms with E-state index in [2.05, 4.69) is 15.3 Å².